The Hall–Kier alpha value is -0.220. The first-order valence-electron chi connectivity index (χ1n) is 3.58. The van der Waals surface area contributed by atoms with Gasteiger partial charge < -0.3 is 9.05 Å². The summed E-state index contributed by atoms with van der Waals surface area (Å²) in [5.41, 5.74) is 0. The summed E-state index contributed by atoms with van der Waals surface area (Å²) in [7, 11) is -0.279. The van der Waals surface area contributed by atoms with Gasteiger partial charge in [-0.2, -0.15) is 0 Å². The van der Waals surface area contributed by atoms with Crippen LogP contribution < -0.4 is 4.52 Å². The number of nitrogens with zero attached hydrogens (tertiary/aromatic N) is 2. The molecule has 1 heterocycles. The van der Waals surface area contributed by atoms with Gasteiger partial charge in [0.15, 0.2) is 0 Å². The van der Waals surface area contributed by atoms with E-state index in [4.69, 9.17) is 27.7 Å². The Kier molecular flexibility index (Phi) is 3.48. The highest BCUT2D eigenvalue weighted by Crippen LogP contribution is 2.46. The third-order valence-electron chi connectivity index (χ3n) is 1.48. The summed E-state index contributed by atoms with van der Waals surface area (Å²) in [5, 5.41) is 4.16. The molecule has 1 aromatic rings. The minimum absolute atomic E-state index is 0.00634. The zero-order valence-electron chi connectivity index (χ0n) is 7.82. The van der Waals surface area contributed by atoms with Crippen molar-refractivity contribution in [2.24, 2.45) is 7.05 Å². The second kappa shape index (κ2) is 4.11. The Morgan fingerprint density at radius 2 is 2.07 bits per heavy atom. The van der Waals surface area contributed by atoms with Crippen LogP contribution >= 0.6 is 30.8 Å². The van der Waals surface area contributed by atoms with Gasteiger partial charge in [0, 0.05) is 20.8 Å². The summed E-state index contributed by atoms with van der Waals surface area (Å²) in [6, 6.07) is 0. The van der Waals surface area contributed by atoms with Crippen molar-refractivity contribution in [3.8, 4) is 5.88 Å². The lowest BCUT2D eigenvalue weighted by Gasteiger charge is -2.09. The normalized spacial score (nSPS) is 15.2. The van der Waals surface area contributed by atoms with Crippen molar-refractivity contribution < 1.29 is 13.6 Å². The summed E-state index contributed by atoms with van der Waals surface area (Å²) in [4.78, 5) is 0. The van der Waals surface area contributed by atoms with Crippen molar-refractivity contribution in [1.29, 1.82) is 0 Å². The molecule has 0 radical (unpaired) electrons. The van der Waals surface area contributed by atoms with Crippen LogP contribution in [0.25, 0.3) is 0 Å². The quantitative estimate of drug-likeness (QED) is 0.783. The number of halogens is 2. The molecule has 1 unspecified atom stereocenters. The Labute approximate surface area is 91.4 Å². The van der Waals surface area contributed by atoms with Gasteiger partial charge in [0.05, 0.1) is 0 Å². The summed E-state index contributed by atoms with van der Waals surface area (Å²) < 4.78 is 22.3. The lowest BCUT2D eigenvalue weighted by Crippen LogP contribution is -1.95. The Morgan fingerprint density at radius 1 is 1.50 bits per heavy atom. The molecule has 0 bridgehead atoms. The zero-order chi connectivity index (χ0) is 10.9. The van der Waals surface area contributed by atoms with E-state index in [1.54, 1.807) is 7.05 Å². The molecule has 0 saturated heterocycles. The van der Waals surface area contributed by atoms with Crippen molar-refractivity contribution in [3.05, 3.63) is 10.2 Å². The van der Waals surface area contributed by atoms with Crippen LogP contribution in [0.15, 0.2) is 0 Å². The first kappa shape index (κ1) is 11.9. The van der Waals surface area contributed by atoms with E-state index in [9.17, 15) is 4.57 Å². The Morgan fingerprint density at radius 3 is 2.43 bits per heavy atom. The number of hydrogen-bond donors (Lipinski definition) is 0. The van der Waals surface area contributed by atoms with Crippen LogP contribution in [0, 0.1) is 0 Å². The fraction of sp³-hybridized carbons (Fsp3) is 0.500. The van der Waals surface area contributed by atoms with Crippen LogP contribution in [0.4, 0.5) is 0 Å². The van der Waals surface area contributed by atoms with Crippen LogP contribution in [-0.2, 0) is 16.1 Å². The summed E-state index contributed by atoms with van der Waals surface area (Å²) in [5.74, 6) is 0.00634. The summed E-state index contributed by atoms with van der Waals surface area (Å²) >= 11 is 11.5. The minimum Gasteiger partial charge on any atom is -0.403 e. The first-order valence-corrected chi connectivity index (χ1v) is 6.33. The van der Waals surface area contributed by atoms with Gasteiger partial charge in [-0.05, 0) is 0 Å². The maximum Gasteiger partial charge on any atom is 0.377 e. The fourth-order valence-electron chi connectivity index (χ4n) is 0.707. The molecule has 1 atom stereocenters. The number of hydrogen-bond acceptors (Lipinski definition) is 4. The van der Waals surface area contributed by atoms with Crippen molar-refractivity contribution in [3.63, 3.8) is 0 Å². The summed E-state index contributed by atoms with van der Waals surface area (Å²) in [6.07, 6.45) is 0. The molecular weight excluding hydrogens is 250 g/mol. The van der Waals surface area contributed by atoms with E-state index < -0.39 is 7.60 Å². The monoisotopic (exact) mass is 258 g/mol. The predicted molar refractivity (Wildman–Crippen MR) is 54.4 cm³/mol. The molecule has 8 heteroatoms. The number of aryl methyl sites for hydroxylation is 1. The van der Waals surface area contributed by atoms with Gasteiger partial charge in [0.1, 0.15) is 10.2 Å². The van der Waals surface area contributed by atoms with Crippen molar-refractivity contribution in [2.75, 3.05) is 13.8 Å². The van der Waals surface area contributed by atoms with Gasteiger partial charge in [0.2, 0.25) is 0 Å². The zero-order valence-corrected chi connectivity index (χ0v) is 10.2. The molecule has 0 N–H and O–H groups in total. The largest absolute Gasteiger partial charge is 0.403 e. The van der Waals surface area contributed by atoms with E-state index in [1.807, 2.05) is 0 Å². The summed E-state index contributed by atoms with van der Waals surface area (Å²) in [6.45, 7) is 1.31. The maximum absolute atomic E-state index is 11.4. The van der Waals surface area contributed by atoms with Crippen molar-refractivity contribution in [1.82, 2.24) is 9.78 Å². The van der Waals surface area contributed by atoms with Gasteiger partial charge in [-0.25, -0.2) is 4.57 Å². The maximum atomic E-state index is 11.4. The van der Waals surface area contributed by atoms with Crippen LogP contribution in [0.3, 0.4) is 0 Å². The molecule has 0 aliphatic carbocycles. The van der Waals surface area contributed by atoms with Gasteiger partial charge in [-0.1, -0.05) is 23.2 Å². The molecular formula is C6H9Cl2N2O3P. The predicted octanol–water partition coefficient (Wildman–Crippen LogP) is 2.58. The first-order chi connectivity index (χ1) is 6.37. The molecule has 1 aromatic heterocycles. The van der Waals surface area contributed by atoms with Gasteiger partial charge >= 0.3 is 7.60 Å². The van der Waals surface area contributed by atoms with Gasteiger partial charge in [-0.3, -0.25) is 4.68 Å². The fourth-order valence-corrected chi connectivity index (χ4v) is 1.59. The van der Waals surface area contributed by atoms with E-state index in [0.717, 1.165) is 0 Å². The average molecular weight is 259 g/mol. The highest BCUT2D eigenvalue weighted by atomic mass is 35.5. The Bertz CT molecular complexity index is 393. The topological polar surface area (TPSA) is 53.4 Å². The molecule has 0 aromatic carbocycles. The van der Waals surface area contributed by atoms with Gasteiger partial charge in [-0.15, -0.1) is 5.10 Å². The molecule has 0 fully saturated rings. The third-order valence-corrected chi connectivity index (χ3v) is 3.52. The SMILES string of the molecule is COP(C)(=O)Oc1nn(C)c(Cl)c1Cl. The van der Waals surface area contributed by atoms with Crippen LogP contribution in [0.1, 0.15) is 0 Å². The minimum atomic E-state index is -3.15. The molecule has 1 rings (SSSR count). The van der Waals surface area contributed by atoms with Crippen LogP contribution in [0.5, 0.6) is 5.88 Å². The molecule has 0 amide bonds. The molecule has 14 heavy (non-hydrogen) atoms. The van der Waals surface area contributed by atoms with Crippen molar-refractivity contribution >= 4 is 30.8 Å². The Balaban J connectivity index is 2.99. The van der Waals surface area contributed by atoms with Crippen LogP contribution in [0.2, 0.25) is 10.2 Å². The van der Waals surface area contributed by atoms with E-state index >= 15 is 0 Å². The molecule has 0 saturated carbocycles. The second-order valence-electron chi connectivity index (χ2n) is 2.58. The van der Waals surface area contributed by atoms with Crippen LogP contribution in [-0.4, -0.2) is 23.6 Å². The lowest BCUT2D eigenvalue weighted by molar-refractivity contribution is 0.324. The molecule has 0 aliphatic heterocycles. The van der Waals surface area contributed by atoms with Crippen molar-refractivity contribution in [2.45, 2.75) is 0 Å². The number of rotatable bonds is 3. The van der Waals surface area contributed by atoms with E-state index in [-0.39, 0.29) is 16.1 Å². The third kappa shape index (κ3) is 2.42. The highest BCUT2D eigenvalue weighted by molar-refractivity contribution is 7.53. The van der Waals surface area contributed by atoms with E-state index in [1.165, 1.54) is 18.5 Å². The van der Waals surface area contributed by atoms with E-state index in [0.29, 0.717) is 0 Å². The second-order valence-corrected chi connectivity index (χ2v) is 5.41. The molecule has 0 spiro atoms. The molecule has 80 valence electrons. The lowest BCUT2D eigenvalue weighted by atomic mass is 10.7. The highest BCUT2D eigenvalue weighted by Gasteiger charge is 2.22. The smallest absolute Gasteiger partial charge is 0.377 e. The van der Waals surface area contributed by atoms with Gasteiger partial charge in [0.25, 0.3) is 5.88 Å². The standard InChI is InChI=1S/C6H9Cl2N2O3P/c1-10-5(8)4(7)6(9-10)13-14(3,11)12-2/h1-3H3. The molecule has 5 nitrogen and oxygen atoms in total. The molecule has 0 aliphatic rings. The average Bonchev–Trinajstić information content (AvgIpc) is 2.33. The number of aromatic nitrogens is 2. The van der Waals surface area contributed by atoms with E-state index in [2.05, 4.69) is 9.62 Å².